The van der Waals surface area contributed by atoms with Gasteiger partial charge in [0.25, 0.3) is 0 Å². The fourth-order valence-electron chi connectivity index (χ4n) is 2.09. The molecule has 0 saturated heterocycles. The summed E-state index contributed by atoms with van der Waals surface area (Å²) in [5, 5.41) is 9.22. The molecule has 2 heterocycles. The van der Waals surface area contributed by atoms with Gasteiger partial charge in [0.1, 0.15) is 11.6 Å². The number of rotatable bonds is 7. The molecule has 5 nitrogen and oxygen atoms in total. The van der Waals surface area contributed by atoms with Crippen molar-refractivity contribution in [3.05, 3.63) is 48.5 Å². The minimum atomic E-state index is -0.270. The smallest absolute Gasteiger partial charge is 0.200 e. The highest BCUT2D eigenvalue weighted by Crippen LogP contribution is 2.24. The molecule has 0 fully saturated rings. The van der Waals surface area contributed by atoms with E-state index in [1.807, 2.05) is 23.6 Å². The molecule has 3 aromatic rings. The summed E-state index contributed by atoms with van der Waals surface area (Å²) in [5.41, 5.74) is 0. The Kier molecular flexibility index (Phi) is 4.97. The summed E-state index contributed by atoms with van der Waals surface area (Å²) in [5.74, 6) is 2.52. The van der Waals surface area contributed by atoms with Crippen LogP contribution in [0.15, 0.2) is 52.2 Å². The topological polar surface area (TPSA) is 53.1 Å². The molecule has 0 aliphatic heterocycles. The molecular formula is C16H16FN3O2S. The van der Waals surface area contributed by atoms with Gasteiger partial charge in [-0.05, 0) is 43.3 Å². The summed E-state index contributed by atoms with van der Waals surface area (Å²) in [7, 11) is 0. The quantitative estimate of drug-likeness (QED) is 0.485. The molecule has 7 heteroatoms. The standard InChI is InChI=1S/C16H16FN3O2S/c1-2-20-15(14-4-3-9-22-14)18-19-16(20)23-11-10-21-13-7-5-12(17)6-8-13/h3-9H,2,10-11H2,1H3. The van der Waals surface area contributed by atoms with E-state index < -0.39 is 0 Å². The number of nitrogens with zero attached hydrogens (tertiary/aromatic N) is 3. The van der Waals surface area contributed by atoms with Crippen LogP contribution in [-0.4, -0.2) is 27.1 Å². The van der Waals surface area contributed by atoms with Gasteiger partial charge in [-0.2, -0.15) is 0 Å². The van der Waals surface area contributed by atoms with Crippen molar-refractivity contribution in [3.63, 3.8) is 0 Å². The van der Waals surface area contributed by atoms with E-state index in [2.05, 4.69) is 10.2 Å². The van der Waals surface area contributed by atoms with Crippen LogP contribution in [0.2, 0.25) is 0 Å². The monoisotopic (exact) mass is 333 g/mol. The van der Waals surface area contributed by atoms with Gasteiger partial charge < -0.3 is 9.15 Å². The Hall–Kier alpha value is -2.28. The maximum Gasteiger partial charge on any atom is 0.200 e. The van der Waals surface area contributed by atoms with Gasteiger partial charge in [-0.25, -0.2) is 4.39 Å². The second-order valence-corrected chi connectivity index (χ2v) is 5.74. The van der Waals surface area contributed by atoms with E-state index >= 15 is 0 Å². The Labute approximate surface area is 137 Å². The average molecular weight is 333 g/mol. The molecule has 0 unspecified atom stereocenters. The van der Waals surface area contributed by atoms with Gasteiger partial charge in [0, 0.05) is 12.3 Å². The summed E-state index contributed by atoms with van der Waals surface area (Å²) in [6.45, 7) is 3.29. The molecule has 0 saturated carbocycles. The van der Waals surface area contributed by atoms with Crippen molar-refractivity contribution < 1.29 is 13.5 Å². The molecule has 0 N–H and O–H groups in total. The second-order valence-electron chi connectivity index (χ2n) is 4.68. The van der Waals surface area contributed by atoms with Crippen molar-refractivity contribution >= 4 is 11.8 Å². The third kappa shape index (κ3) is 3.73. The highest BCUT2D eigenvalue weighted by Gasteiger charge is 2.14. The van der Waals surface area contributed by atoms with E-state index in [0.29, 0.717) is 23.9 Å². The first-order chi connectivity index (χ1) is 11.3. The number of hydrogen-bond donors (Lipinski definition) is 0. The predicted molar refractivity (Wildman–Crippen MR) is 86.0 cm³/mol. The van der Waals surface area contributed by atoms with Crippen molar-refractivity contribution in [2.75, 3.05) is 12.4 Å². The van der Waals surface area contributed by atoms with Gasteiger partial charge in [-0.15, -0.1) is 10.2 Å². The van der Waals surface area contributed by atoms with Crippen LogP contribution >= 0.6 is 11.8 Å². The largest absolute Gasteiger partial charge is 0.493 e. The van der Waals surface area contributed by atoms with Gasteiger partial charge >= 0.3 is 0 Å². The number of aromatic nitrogens is 3. The minimum absolute atomic E-state index is 0.270. The minimum Gasteiger partial charge on any atom is -0.493 e. The lowest BCUT2D eigenvalue weighted by Crippen LogP contribution is -2.03. The van der Waals surface area contributed by atoms with Gasteiger partial charge in [0.15, 0.2) is 16.7 Å². The molecule has 2 aromatic heterocycles. The van der Waals surface area contributed by atoms with Crippen molar-refractivity contribution in [2.24, 2.45) is 0 Å². The molecule has 0 amide bonds. The molecule has 23 heavy (non-hydrogen) atoms. The summed E-state index contributed by atoms with van der Waals surface area (Å²) >= 11 is 1.56. The molecule has 0 aliphatic carbocycles. The van der Waals surface area contributed by atoms with Crippen LogP contribution in [0.3, 0.4) is 0 Å². The Morgan fingerprint density at radius 1 is 1.22 bits per heavy atom. The van der Waals surface area contributed by atoms with Gasteiger partial charge in [-0.3, -0.25) is 4.57 Å². The fraction of sp³-hybridized carbons (Fsp3) is 0.250. The number of ether oxygens (including phenoxy) is 1. The molecule has 3 rings (SSSR count). The molecule has 0 bridgehead atoms. The van der Waals surface area contributed by atoms with Crippen LogP contribution in [0, 0.1) is 5.82 Å². The Morgan fingerprint density at radius 2 is 2.04 bits per heavy atom. The zero-order valence-electron chi connectivity index (χ0n) is 12.6. The SMILES string of the molecule is CCn1c(SCCOc2ccc(F)cc2)nnc1-c1ccco1. The summed E-state index contributed by atoms with van der Waals surface area (Å²) in [4.78, 5) is 0. The average Bonchev–Trinajstić information content (AvgIpc) is 3.22. The zero-order chi connectivity index (χ0) is 16.1. The fourth-order valence-corrected chi connectivity index (χ4v) is 2.91. The molecule has 0 aliphatic rings. The summed E-state index contributed by atoms with van der Waals surface area (Å²) in [6.07, 6.45) is 1.62. The Balaban J connectivity index is 1.57. The highest BCUT2D eigenvalue weighted by molar-refractivity contribution is 7.99. The maximum atomic E-state index is 12.8. The van der Waals surface area contributed by atoms with E-state index in [1.165, 1.54) is 12.1 Å². The summed E-state index contributed by atoms with van der Waals surface area (Å²) < 4.78 is 25.8. The van der Waals surface area contributed by atoms with Crippen molar-refractivity contribution in [1.82, 2.24) is 14.8 Å². The third-order valence-electron chi connectivity index (χ3n) is 3.17. The van der Waals surface area contributed by atoms with Crippen LogP contribution in [0.4, 0.5) is 4.39 Å². The van der Waals surface area contributed by atoms with Crippen LogP contribution < -0.4 is 4.74 Å². The van der Waals surface area contributed by atoms with Crippen LogP contribution in [0.5, 0.6) is 5.75 Å². The number of benzene rings is 1. The van der Waals surface area contributed by atoms with Gasteiger partial charge in [0.2, 0.25) is 0 Å². The van der Waals surface area contributed by atoms with E-state index in [0.717, 1.165) is 17.5 Å². The number of halogens is 1. The van der Waals surface area contributed by atoms with E-state index in [4.69, 9.17) is 9.15 Å². The van der Waals surface area contributed by atoms with E-state index in [1.54, 1.807) is 30.2 Å². The molecular weight excluding hydrogens is 317 g/mol. The van der Waals surface area contributed by atoms with Crippen molar-refractivity contribution in [3.8, 4) is 17.3 Å². The van der Waals surface area contributed by atoms with Crippen LogP contribution in [-0.2, 0) is 6.54 Å². The third-order valence-corrected chi connectivity index (χ3v) is 4.10. The van der Waals surface area contributed by atoms with Crippen LogP contribution in [0.1, 0.15) is 6.92 Å². The first kappa shape index (κ1) is 15.6. The van der Waals surface area contributed by atoms with E-state index in [-0.39, 0.29) is 5.82 Å². The first-order valence-corrected chi connectivity index (χ1v) is 8.24. The molecule has 0 spiro atoms. The highest BCUT2D eigenvalue weighted by atomic mass is 32.2. The summed E-state index contributed by atoms with van der Waals surface area (Å²) in [6, 6.07) is 9.68. The lowest BCUT2D eigenvalue weighted by molar-refractivity contribution is 0.343. The maximum absolute atomic E-state index is 12.8. The Morgan fingerprint density at radius 3 is 2.74 bits per heavy atom. The van der Waals surface area contributed by atoms with Crippen molar-refractivity contribution in [1.29, 1.82) is 0 Å². The normalized spacial score (nSPS) is 10.9. The second kappa shape index (κ2) is 7.32. The molecule has 0 atom stereocenters. The zero-order valence-corrected chi connectivity index (χ0v) is 13.4. The van der Waals surface area contributed by atoms with Crippen LogP contribution in [0.25, 0.3) is 11.6 Å². The first-order valence-electron chi connectivity index (χ1n) is 7.26. The molecule has 0 radical (unpaired) electrons. The number of thioether (sulfide) groups is 1. The molecule has 1 aromatic carbocycles. The van der Waals surface area contributed by atoms with Gasteiger partial charge in [0.05, 0.1) is 12.9 Å². The van der Waals surface area contributed by atoms with Crippen molar-refractivity contribution in [2.45, 2.75) is 18.6 Å². The number of hydrogen-bond acceptors (Lipinski definition) is 5. The predicted octanol–water partition coefficient (Wildman–Crippen LogP) is 3.87. The number of furan rings is 1. The van der Waals surface area contributed by atoms with Gasteiger partial charge in [-0.1, -0.05) is 11.8 Å². The lowest BCUT2D eigenvalue weighted by atomic mass is 10.3. The van der Waals surface area contributed by atoms with E-state index in [9.17, 15) is 4.39 Å². The molecule has 120 valence electrons. The lowest BCUT2D eigenvalue weighted by Gasteiger charge is -2.07. The Bertz CT molecular complexity index is 741.